The molecule has 0 aliphatic rings. The SMILES string of the molecule is COc1ccc(COc2cn(C)c3ccc(CO)cc3c2=O)cc1. The summed E-state index contributed by atoms with van der Waals surface area (Å²) in [4.78, 5) is 12.6. The lowest BCUT2D eigenvalue weighted by atomic mass is 10.1. The number of methoxy groups -OCH3 is 1. The number of aromatic nitrogens is 1. The predicted molar refractivity (Wildman–Crippen MR) is 92.4 cm³/mol. The number of hydrogen-bond acceptors (Lipinski definition) is 4. The summed E-state index contributed by atoms with van der Waals surface area (Å²) in [5.74, 6) is 1.06. The first kappa shape index (κ1) is 16.1. The zero-order chi connectivity index (χ0) is 17.1. The van der Waals surface area contributed by atoms with E-state index in [9.17, 15) is 9.90 Å². The van der Waals surface area contributed by atoms with E-state index in [1.54, 1.807) is 25.4 Å². The minimum atomic E-state index is -0.174. The van der Waals surface area contributed by atoms with Gasteiger partial charge in [0.25, 0.3) is 0 Å². The lowest BCUT2D eigenvalue weighted by Gasteiger charge is -2.11. The van der Waals surface area contributed by atoms with Gasteiger partial charge in [-0.25, -0.2) is 0 Å². The highest BCUT2D eigenvalue weighted by Crippen LogP contribution is 2.18. The van der Waals surface area contributed by atoms with Crippen molar-refractivity contribution in [2.45, 2.75) is 13.2 Å². The minimum Gasteiger partial charge on any atom is -0.497 e. The van der Waals surface area contributed by atoms with E-state index in [2.05, 4.69) is 0 Å². The van der Waals surface area contributed by atoms with Gasteiger partial charge in [0, 0.05) is 12.4 Å². The number of aliphatic hydroxyl groups is 1. The van der Waals surface area contributed by atoms with E-state index in [4.69, 9.17) is 9.47 Å². The normalized spacial score (nSPS) is 10.8. The molecule has 0 aliphatic carbocycles. The summed E-state index contributed by atoms with van der Waals surface area (Å²) >= 11 is 0. The summed E-state index contributed by atoms with van der Waals surface area (Å²) in [6.45, 7) is 0.195. The number of ether oxygens (including phenoxy) is 2. The number of fused-ring (bicyclic) bond motifs is 1. The second-order valence-corrected chi connectivity index (χ2v) is 5.58. The van der Waals surface area contributed by atoms with E-state index in [0.29, 0.717) is 17.6 Å². The Labute approximate surface area is 139 Å². The highest BCUT2D eigenvalue weighted by Gasteiger charge is 2.09. The smallest absolute Gasteiger partial charge is 0.231 e. The Hall–Kier alpha value is -2.79. The number of aryl methyl sites for hydroxylation is 1. The lowest BCUT2D eigenvalue weighted by molar-refractivity contribution is 0.282. The van der Waals surface area contributed by atoms with Gasteiger partial charge >= 0.3 is 0 Å². The van der Waals surface area contributed by atoms with Crippen molar-refractivity contribution >= 4 is 10.9 Å². The molecule has 0 fully saturated rings. The van der Waals surface area contributed by atoms with Crippen molar-refractivity contribution in [3.63, 3.8) is 0 Å². The Morgan fingerprint density at radius 1 is 1.08 bits per heavy atom. The number of aliphatic hydroxyl groups excluding tert-OH is 1. The van der Waals surface area contributed by atoms with E-state index >= 15 is 0 Å². The molecule has 1 heterocycles. The fourth-order valence-corrected chi connectivity index (χ4v) is 2.59. The Bertz CT molecular complexity index is 913. The zero-order valence-electron chi connectivity index (χ0n) is 13.7. The predicted octanol–water partition coefficient (Wildman–Crippen LogP) is 2.62. The maximum absolute atomic E-state index is 12.6. The van der Waals surface area contributed by atoms with E-state index in [1.165, 1.54) is 0 Å². The molecule has 0 radical (unpaired) electrons. The van der Waals surface area contributed by atoms with E-state index in [1.807, 2.05) is 41.9 Å². The van der Waals surface area contributed by atoms with Crippen LogP contribution in [0.25, 0.3) is 10.9 Å². The second kappa shape index (κ2) is 6.76. The summed E-state index contributed by atoms with van der Waals surface area (Å²) < 4.78 is 12.7. The quantitative estimate of drug-likeness (QED) is 0.783. The van der Waals surface area contributed by atoms with Gasteiger partial charge in [-0.05, 0) is 35.4 Å². The molecule has 0 saturated heterocycles. The molecule has 0 saturated carbocycles. The summed E-state index contributed by atoms with van der Waals surface area (Å²) in [6, 6.07) is 12.8. The van der Waals surface area contributed by atoms with Crippen molar-refractivity contribution in [3.8, 4) is 11.5 Å². The zero-order valence-corrected chi connectivity index (χ0v) is 13.7. The fraction of sp³-hybridized carbons (Fsp3) is 0.211. The maximum atomic E-state index is 12.6. The molecule has 24 heavy (non-hydrogen) atoms. The van der Waals surface area contributed by atoms with Crippen molar-refractivity contribution in [2.75, 3.05) is 7.11 Å². The Morgan fingerprint density at radius 2 is 1.79 bits per heavy atom. The van der Waals surface area contributed by atoms with Crippen LogP contribution in [-0.2, 0) is 20.3 Å². The van der Waals surface area contributed by atoms with Gasteiger partial charge in [0.2, 0.25) is 5.43 Å². The highest BCUT2D eigenvalue weighted by molar-refractivity contribution is 5.81. The molecule has 0 amide bonds. The van der Waals surface area contributed by atoms with Crippen LogP contribution >= 0.6 is 0 Å². The third kappa shape index (κ3) is 3.12. The van der Waals surface area contributed by atoms with Crippen molar-refractivity contribution in [1.82, 2.24) is 4.57 Å². The van der Waals surface area contributed by atoms with Crippen LogP contribution < -0.4 is 14.9 Å². The number of rotatable bonds is 5. The first-order valence-corrected chi connectivity index (χ1v) is 7.61. The average Bonchev–Trinajstić information content (AvgIpc) is 2.63. The van der Waals surface area contributed by atoms with Crippen molar-refractivity contribution in [3.05, 3.63) is 70.0 Å². The second-order valence-electron chi connectivity index (χ2n) is 5.58. The van der Waals surface area contributed by atoms with Crippen LogP contribution in [0.4, 0.5) is 0 Å². The number of pyridine rings is 1. The third-order valence-electron chi connectivity index (χ3n) is 3.96. The molecule has 1 N–H and O–H groups in total. The molecular weight excluding hydrogens is 306 g/mol. The van der Waals surface area contributed by atoms with Crippen molar-refractivity contribution in [1.29, 1.82) is 0 Å². The molecule has 1 aromatic heterocycles. The average molecular weight is 325 g/mol. The Kier molecular flexibility index (Phi) is 4.53. The molecule has 5 heteroatoms. The number of nitrogens with zero attached hydrogens (tertiary/aromatic N) is 1. The monoisotopic (exact) mass is 325 g/mol. The van der Waals surface area contributed by atoms with Gasteiger partial charge in [0.1, 0.15) is 12.4 Å². The van der Waals surface area contributed by atoms with Crippen LogP contribution in [0.1, 0.15) is 11.1 Å². The van der Waals surface area contributed by atoms with Gasteiger partial charge in [-0.2, -0.15) is 0 Å². The molecule has 2 aromatic carbocycles. The third-order valence-corrected chi connectivity index (χ3v) is 3.96. The topological polar surface area (TPSA) is 60.7 Å². The van der Waals surface area contributed by atoms with Gasteiger partial charge in [-0.3, -0.25) is 4.79 Å². The summed E-state index contributed by atoms with van der Waals surface area (Å²) in [7, 11) is 3.48. The molecule has 0 aliphatic heterocycles. The lowest BCUT2D eigenvalue weighted by Crippen LogP contribution is -2.12. The van der Waals surface area contributed by atoms with E-state index in [0.717, 1.165) is 16.8 Å². The van der Waals surface area contributed by atoms with Gasteiger partial charge in [0.15, 0.2) is 5.75 Å². The summed E-state index contributed by atoms with van der Waals surface area (Å²) in [6.07, 6.45) is 1.69. The largest absolute Gasteiger partial charge is 0.497 e. The molecule has 0 spiro atoms. The molecule has 0 unspecified atom stereocenters. The van der Waals surface area contributed by atoms with Crippen LogP contribution in [0.2, 0.25) is 0 Å². The van der Waals surface area contributed by atoms with Gasteiger partial charge in [0.05, 0.1) is 25.4 Å². The van der Waals surface area contributed by atoms with Crippen LogP contribution in [0.5, 0.6) is 11.5 Å². The minimum absolute atomic E-state index is 0.101. The highest BCUT2D eigenvalue weighted by atomic mass is 16.5. The van der Waals surface area contributed by atoms with E-state index < -0.39 is 0 Å². The fourth-order valence-electron chi connectivity index (χ4n) is 2.59. The number of hydrogen-bond donors (Lipinski definition) is 1. The molecular formula is C19H19NO4. The van der Waals surface area contributed by atoms with Crippen molar-refractivity contribution in [2.24, 2.45) is 7.05 Å². The van der Waals surface area contributed by atoms with Crippen LogP contribution in [0, 0.1) is 0 Å². The van der Waals surface area contributed by atoms with Crippen LogP contribution in [0.15, 0.2) is 53.5 Å². The standard InChI is InChI=1S/C19H19NO4/c1-20-10-18(24-12-13-3-6-15(23-2)7-4-13)19(22)16-9-14(11-21)5-8-17(16)20/h3-10,21H,11-12H2,1-2H3. The Morgan fingerprint density at radius 3 is 2.46 bits per heavy atom. The molecule has 0 bridgehead atoms. The number of benzene rings is 2. The maximum Gasteiger partial charge on any atom is 0.231 e. The Balaban J connectivity index is 1.91. The van der Waals surface area contributed by atoms with E-state index in [-0.39, 0.29) is 17.8 Å². The first-order chi connectivity index (χ1) is 11.6. The first-order valence-electron chi connectivity index (χ1n) is 7.61. The van der Waals surface area contributed by atoms with Crippen LogP contribution in [-0.4, -0.2) is 16.8 Å². The van der Waals surface area contributed by atoms with Crippen molar-refractivity contribution < 1.29 is 14.6 Å². The van der Waals surface area contributed by atoms with Crippen LogP contribution in [0.3, 0.4) is 0 Å². The molecule has 5 nitrogen and oxygen atoms in total. The van der Waals surface area contributed by atoms with Gasteiger partial charge in [-0.15, -0.1) is 0 Å². The van der Waals surface area contributed by atoms with Gasteiger partial charge in [-0.1, -0.05) is 18.2 Å². The summed E-state index contributed by atoms with van der Waals surface area (Å²) in [5.41, 5.74) is 2.27. The molecule has 0 atom stereocenters. The molecule has 3 rings (SSSR count). The summed E-state index contributed by atoms with van der Waals surface area (Å²) in [5, 5.41) is 9.81. The molecule has 124 valence electrons. The molecule has 3 aromatic rings. The van der Waals surface area contributed by atoms with Gasteiger partial charge < -0.3 is 19.1 Å².